The van der Waals surface area contributed by atoms with E-state index >= 15 is 0 Å². The molecule has 0 aliphatic carbocycles. The highest BCUT2D eigenvalue weighted by molar-refractivity contribution is 4.85. The number of nitrogens with one attached hydrogen (secondary N) is 1. The zero-order valence-corrected chi connectivity index (χ0v) is 8.75. The van der Waals surface area contributed by atoms with Crippen LogP contribution in [0.3, 0.4) is 0 Å². The molecule has 0 spiro atoms. The fourth-order valence-corrected chi connectivity index (χ4v) is 2.00. The molecule has 1 aliphatic heterocycles. The summed E-state index contributed by atoms with van der Waals surface area (Å²) < 4.78 is 5.72. The van der Waals surface area contributed by atoms with Crippen molar-refractivity contribution < 1.29 is 4.74 Å². The lowest BCUT2D eigenvalue weighted by Crippen LogP contribution is -2.40. The van der Waals surface area contributed by atoms with E-state index in [1.54, 1.807) is 0 Å². The van der Waals surface area contributed by atoms with Crippen molar-refractivity contribution in [2.75, 3.05) is 13.7 Å². The van der Waals surface area contributed by atoms with E-state index in [4.69, 9.17) is 4.74 Å². The lowest BCUT2D eigenvalue weighted by atomic mass is 9.95. The first-order chi connectivity index (χ1) is 6.29. The Morgan fingerprint density at radius 2 is 2.46 bits per heavy atom. The Balaban J connectivity index is 2.39. The van der Waals surface area contributed by atoms with Crippen LogP contribution in [-0.4, -0.2) is 25.8 Å². The highest BCUT2D eigenvalue weighted by Gasteiger charge is 2.30. The molecule has 2 nitrogen and oxygen atoms in total. The summed E-state index contributed by atoms with van der Waals surface area (Å²) in [6, 6.07) is 0.496. The van der Waals surface area contributed by atoms with Crippen molar-refractivity contribution in [1.82, 2.24) is 5.32 Å². The second-order valence-electron chi connectivity index (χ2n) is 3.86. The van der Waals surface area contributed by atoms with Crippen molar-refractivity contribution in [3.63, 3.8) is 0 Å². The van der Waals surface area contributed by atoms with E-state index < -0.39 is 0 Å². The largest absolute Gasteiger partial charge is 0.376 e. The van der Waals surface area contributed by atoms with Crippen LogP contribution in [0.5, 0.6) is 0 Å². The van der Waals surface area contributed by atoms with Gasteiger partial charge in [-0.1, -0.05) is 13.0 Å². The highest BCUT2D eigenvalue weighted by atomic mass is 16.5. The Morgan fingerprint density at radius 3 is 2.92 bits per heavy atom. The predicted octanol–water partition coefficient (Wildman–Crippen LogP) is 1.97. The summed E-state index contributed by atoms with van der Waals surface area (Å²) in [5, 5.41) is 3.34. The summed E-state index contributed by atoms with van der Waals surface area (Å²) in [4.78, 5) is 0. The number of hydrogen-bond donors (Lipinski definition) is 1. The number of ether oxygens (including phenoxy) is 1. The van der Waals surface area contributed by atoms with Crippen molar-refractivity contribution >= 4 is 0 Å². The van der Waals surface area contributed by atoms with Gasteiger partial charge in [0.25, 0.3) is 0 Å². The smallest absolute Gasteiger partial charge is 0.0754 e. The lowest BCUT2D eigenvalue weighted by Gasteiger charge is -2.25. The molecule has 76 valence electrons. The number of rotatable bonds is 5. The SMILES string of the molecule is C=CCCC(NC)C1OCCC1C. The van der Waals surface area contributed by atoms with E-state index in [0.29, 0.717) is 18.1 Å². The summed E-state index contributed by atoms with van der Waals surface area (Å²) >= 11 is 0. The molecule has 0 saturated carbocycles. The molecule has 0 bridgehead atoms. The molecule has 13 heavy (non-hydrogen) atoms. The quantitative estimate of drug-likeness (QED) is 0.658. The summed E-state index contributed by atoms with van der Waals surface area (Å²) in [7, 11) is 2.02. The van der Waals surface area contributed by atoms with Crippen LogP contribution in [0, 0.1) is 5.92 Å². The summed E-state index contributed by atoms with van der Waals surface area (Å²) in [6.45, 7) is 6.95. The van der Waals surface area contributed by atoms with Gasteiger partial charge in [0.2, 0.25) is 0 Å². The maximum Gasteiger partial charge on any atom is 0.0754 e. The second-order valence-corrected chi connectivity index (χ2v) is 3.86. The molecule has 1 saturated heterocycles. The van der Waals surface area contributed by atoms with Crippen LogP contribution >= 0.6 is 0 Å². The maximum atomic E-state index is 5.72. The van der Waals surface area contributed by atoms with E-state index in [1.807, 2.05) is 13.1 Å². The van der Waals surface area contributed by atoms with E-state index in [2.05, 4.69) is 18.8 Å². The van der Waals surface area contributed by atoms with Gasteiger partial charge in [-0.2, -0.15) is 0 Å². The molecule has 1 fully saturated rings. The molecule has 1 rings (SSSR count). The first-order valence-electron chi connectivity index (χ1n) is 5.19. The average molecular weight is 183 g/mol. The summed E-state index contributed by atoms with van der Waals surface area (Å²) in [6.07, 6.45) is 5.79. The van der Waals surface area contributed by atoms with Gasteiger partial charge in [-0.05, 0) is 32.2 Å². The average Bonchev–Trinajstić information content (AvgIpc) is 2.54. The van der Waals surface area contributed by atoms with Gasteiger partial charge in [-0.3, -0.25) is 0 Å². The molecule has 1 N–H and O–H groups in total. The minimum absolute atomic E-state index is 0.407. The first kappa shape index (κ1) is 10.7. The topological polar surface area (TPSA) is 21.3 Å². The molecule has 1 aliphatic rings. The molecule has 1 heterocycles. The normalized spacial score (nSPS) is 30.3. The molecule has 0 aromatic carbocycles. The zero-order chi connectivity index (χ0) is 9.68. The van der Waals surface area contributed by atoms with Crippen molar-refractivity contribution in [2.45, 2.75) is 38.3 Å². The number of hydrogen-bond acceptors (Lipinski definition) is 2. The first-order valence-corrected chi connectivity index (χ1v) is 5.19. The molecule has 3 unspecified atom stereocenters. The minimum atomic E-state index is 0.407. The van der Waals surface area contributed by atoms with Crippen LogP contribution < -0.4 is 5.32 Å². The number of likely N-dealkylation sites (N-methyl/N-ethyl adjacent to an activating group) is 1. The molecule has 0 aromatic rings. The minimum Gasteiger partial charge on any atom is -0.376 e. The van der Waals surface area contributed by atoms with Crippen molar-refractivity contribution in [3.8, 4) is 0 Å². The fourth-order valence-electron chi connectivity index (χ4n) is 2.00. The third kappa shape index (κ3) is 2.82. The fraction of sp³-hybridized carbons (Fsp3) is 0.818. The third-order valence-electron chi connectivity index (χ3n) is 2.89. The van der Waals surface area contributed by atoms with Gasteiger partial charge < -0.3 is 10.1 Å². The molecule has 0 radical (unpaired) electrons. The van der Waals surface area contributed by atoms with Crippen molar-refractivity contribution in [1.29, 1.82) is 0 Å². The molecular formula is C11H21NO. The molecule has 0 aromatic heterocycles. The second kappa shape index (κ2) is 5.40. The zero-order valence-electron chi connectivity index (χ0n) is 8.75. The highest BCUT2D eigenvalue weighted by Crippen LogP contribution is 2.24. The van der Waals surface area contributed by atoms with Gasteiger partial charge in [-0.25, -0.2) is 0 Å². The van der Waals surface area contributed by atoms with Crippen LogP contribution in [0.25, 0.3) is 0 Å². The maximum absolute atomic E-state index is 5.72. The standard InChI is InChI=1S/C11H21NO/c1-4-5-6-10(12-3)11-9(2)7-8-13-11/h4,9-12H,1,5-8H2,2-3H3. The van der Waals surface area contributed by atoms with E-state index in [9.17, 15) is 0 Å². The summed E-state index contributed by atoms with van der Waals surface area (Å²) in [5.74, 6) is 0.697. The van der Waals surface area contributed by atoms with Gasteiger partial charge in [0.05, 0.1) is 6.10 Å². The van der Waals surface area contributed by atoms with Crippen molar-refractivity contribution in [2.24, 2.45) is 5.92 Å². The Labute approximate surface area is 81.4 Å². The Kier molecular flexibility index (Phi) is 4.46. The van der Waals surface area contributed by atoms with Gasteiger partial charge in [0.15, 0.2) is 0 Å². The Morgan fingerprint density at radius 1 is 1.69 bits per heavy atom. The van der Waals surface area contributed by atoms with E-state index in [1.165, 1.54) is 6.42 Å². The van der Waals surface area contributed by atoms with Crippen LogP contribution in [0.1, 0.15) is 26.2 Å². The third-order valence-corrected chi connectivity index (χ3v) is 2.89. The Bertz CT molecular complexity index is 158. The lowest BCUT2D eigenvalue weighted by molar-refractivity contribution is 0.0610. The molecular weight excluding hydrogens is 162 g/mol. The van der Waals surface area contributed by atoms with Crippen LogP contribution in [0.15, 0.2) is 12.7 Å². The van der Waals surface area contributed by atoms with Crippen molar-refractivity contribution in [3.05, 3.63) is 12.7 Å². The van der Waals surface area contributed by atoms with Gasteiger partial charge in [0, 0.05) is 12.6 Å². The van der Waals surface area contributed by atoms with Gasteiger partial charge in [-0.15, -0.1) is 6.58 Å². The molecule has 0 amide bonds. The van der Waals surface area contributed by atoms with Gasteiger partial charge >= 0.3 is 0 Å². The molecule has 2 heteroatoms. The van der Waals surface area contributed by atoms with Gasteiger partial charge in [0.1, 0.15) is 0 Å². The van der Waals surface area contributed by atoms with E-state index in [0.717, 1.165) is 19.4 Å². The van der Waals surface area contributed by atoms with Crippen LogP contribution in [0.2, 0.25) is 0 Å². The van der Waals surface area contributed by atoms with E-state index in [-0.39, 0.29) is 0 Å². The molecule has 3 atom stereocenters. The monoisotopic (exact) mass is 183 g/mol. The summed E-state index contributed by atoms with van der Waals surface area (Å²) in [5.41, 5.74) is 0. The van der Waals surface area contributed by atoms with Crippen LogP contribution in [-0.2, 0) is 4.74 Å². The number of allylic oxidation sites excluding steroid dienone is 1. The predicted molar refractivity (Wildman–Crippen MR) is 55.8 cm³/mol. The Hall–Kier alpha value is -0.340. The van der Waals surface area contributed by atoms with Crippen LogP contribution in [0.4, 0.5) is 0 Å².